The van der Waals surface area contributed by atoms with Crippen LogP contribution in [0.2, 0.25) is 0 Å². The molecule has 1 aromatic carbocycles. The molecule has 1 aromatic rings. The monoisotopic (exact) mass is 297 g/mol. The predicted molar refractivity (Wildman–Crippen MR) is 81.1 cm³/mol. The molecule has 5 nitrogen and oxygen atoms in total. The minimum Gasteiger partial charge on any atom is -0.314 e. The summed E-state index contributed by atoms with van der Waals surface area (Å²) in [4.78, 5) is 2.18. The van der Waals surface area contributed by atoms with Crippen molar-refractivity contribution in [1.82, 2.24) is 14.9 Å². The number of benzene rings is 1. The minimum atomic E-state index is -3.21. The molecular formula is C14H23N3O2S. The Morgan fingerprint density at radius 2 is 1.95 bits per heavy atom. The highest BCUT2D eigenvalue weighted by molar-refractivity contribution is 7.89. The molecular weight excluding hydrogens is 274 g/mol. The van der Waals surface area contributed by atoms with E-state index in [1.165, 1.54) is 0 Å². The smallest absolute Gasteiger partial charge is 0.213 e. The van der Waals surface area contributed by atoms with Gasteiger partial charge in [0.15, 0.2) is 0 Å². The summed E-state index contributed by atoms with van der Waals surface area (Å²) in [6.07, 6.45) is 0. The Labute approximate surface area is 121 Å². The maximum Gasteiger partial charge on any atom is 0.213 e. The number of sulfonamides is 1. The van der Waals surface area contributed by atoms with Crippen LogP contribution in [0.5, 0.6) is 0 Å². The van der Waals surface area contributed by atoms with Crippen molar-refractivity contribution < 1.29 is 8.42 Å². The van der Waals surface area contributed by atoms with Gasteiger partial charge in [0.05, 0.1) is 5.75 Å². The molecule has 1 aliphatic rings. The van der Waals surface area contributed by atoms with Crippen molar-refractivity contribution in [2.24, 2.45) is 0 Å². The van der Waals surface area contributed by atoms with Crippen molar-refractivity contribution in [1.29, 1.82) is 0 Å². The Kier molecular flexibility index (Phi) is 5.54. The molecule has 1 saturated heterocycles. The number of aryl methyl sites for hydroxylation is 1. The molecule has 2 rings (SSSR count). The predicted octanol–water partition coefficient (Wildman–Crippen LogP) is 0.320. The van der Waals surface area contributed by atoms with Gasteiger partial charge in [0.2, 0.25) is 10.0 Å². The maximum absolute atomic E-state index is 12.0. The zero-order valence-corrected chi connectivity index (χ0v) is 12.7. The van der Waals surface area contributed by atoms with Crippen LogP contribution in [-0.2, 0) is 16.6 Å². The quantitative estimate of drug-likeness (QED) is 0.794. The van der Waals surface area contributed by atoms with Crippen LogP contribution >= 0.6 is 0 Å². The van der Waals surface area contributed by atoms with Crippen molar-refractivity contribution in [2.45, 2.75) is 13.5 Å². The molecule has 0 atom stereocenters. The highest BCUT2D eigenvalue weighted by atomic mass is 32.2. The molecule has 2 N–H and O–H groups in total. The lowest BCUT2D eigenvalue weighted by Crippen LogP contribution is -2.45. The summed E-state index contributed by atoms with van der Waals surface area (Å²) in [6.45, 7) is 6.69. The fourth-order valence-corrected chi connectivity index (χ4v) is 3.27. The topological polar surface area (TPSA) is 61.4 Å². The molecule has 0 unspecified atom stereocenters. The van der Waals surface area contributed by atoms with Crippen molar-refractivity contribution in [3.63, 3.8) is 0 Å². The number of nitrogens with zero attached hydrogens (tertiary/aromatic N) is 1. The second kappa shape index (κ2) is 7.17. The Hall–Kier alpha value is -0.950. The van der Waals surface area contributed by atoms with E-state index in [0.717, 1.165) is 37.3 Å². The van der Waals surface area contributed by atoms with E-state index in [-0.39, 0.29) is 5.75 Å². The van der Waals surface area contributed by atoms with Gasteiger partial charge in [-0.15, -0.1) is 0 Å². The third-order valence-electron chi connectivity index (χ3n) is 3.63. The number of hydrogen-bond acceptors (Lipinski definition) is 4. The number of hydrogen-bond donors (Lipinski definition) is 2. The molecule has 0 radical (unpaired) electrons. The van der Waals surface area contributed by atoms with Crippen molar-refractivity contribution in [3.05, 3.63) is 35.4 Å². The number of piperazine rings is 1. The molecule has 0 bridgehead atoms. The fourth-order valence-electron chi connectivity index (χ4n) is 2.25. The van der Waals surface area contributed by atoms with Crippen LogP contribution in [0.4, 0.5) is 0 Å². The lowest BCUT2D eigenvalue weighted by molar-refractivity contribution is 0.253. The molecule has 1 aliphatic heterocycles. The van der Waals surface area contributed by atoms with Crippen molar-refractivity contribution in [2.75, 3.05) is 38.5 Å². The molecule has 0 spiro atoms. The van der Waals surface area contributed by atoms with Crippen LogP contribution in [0.25, 0.3) is 0 Å². The van der Waals surface area contributed by atoms with E-state index in [9.17, 15) is 8.42 Å². The zero-order valence-electron chi connectivity index (χ0n) is 11.9. The zero-order chi connectivity index (χ0) is 14.4. The summed E-state index contributed by atoms with van der Waals surface area (Å²) in [6, 6.07) is 7.83. The first-order chi connectivity index (χ1) is 9.57. The Morgan fingerprint density at radius 1 is 1.25 bits per heavy atom. The molecule has 112 valence electrons. The Morgan fingerprint density at radius 3 is 2.65 bits per heavy atom. The summed E-state index contributed by atoms with van der Waals surface area (Å²) in [5.41, 5.74) is 2.13. The summed E-state index contributed by atoms with van der Waals surface area (Å²) < 4.78 is 26.7. The summed E-state index contributed by atoms with van der Waals surface area (Å²) in [7, 11) is -3.21. The van der Waals surface area contributed by atoms with Gasteiger partial charge in [-0.2, -0.15) is 0 Å². The Balaban J connectivity index is 1.80. The van der Waals surface area contributed by atoms with E-state index in [1.54, 1.807) is 0 Å². The molecule has 0 saturated carbocycles. The SMILES string of the molecule is Cc1ccccc1CNS(=O)(=O)CCN1CCNCC1. The minimum absolute atomic E-state index is 0.166. The molecule has 0 aromatic heterocycles. The van der Waals surface area contributed by atoms with E-state index in [4.69, 9.17) is 0 Å². The van der Waals surface area contributed by atoms with E-state index in [1.807, 2.05) is 31.2 Å². The first kappa shape index (κ1) is 15.4. The van der Waals surface area contributed by atoms with E-state index < -0.39 is 10.0 Å². The van der Waals surface area contributed by atoms with Gasteiger partial charge < -0.3 is 5.32 Å². The van der Waals surface area contributed by atoms with Gasteiger partial charge >= 0.3 is 0 Å². The normalized spacial score (nSPS) is 17.2. The molecule has 1 fully saturated rings. The third-order valence-corrected chi connectivity index (χ3v) is 4.93. The van der Waals surface area contributed by atoms with Crippen LogP contribution in [0.1, 0.15) is 11.1 Å². The first-order valence-electron chi connectivity index (χ1n) is 7.02. The van der Waals surface area contributed by atoms with Crippen molar-refractivity contribution in [3.8, 4) is 0 Å². The standard InChI is InChI=1S/C14H23N3O2S/c1-13-4-2-3-5-14(13)12-16-20(18,19)11-10-17-8-6-15-7-9-17/h2-5,15-16H,6-12H2,1H3. The van der Waals surface area contributed by atoms with Crippen LogP contribution in [0.3, 0.4) is 0 Å². The molecule has 20 heavy (non-hydrogen) atoms. The largest absolute Gasteiger partial charge is 0.314 e. The fraction of sp³-hybridized carbons (Fsp3) is 0.571. The molecule has 1 heterocycles. The molecule has 0 amide bonds. The van der Waals surface area contributed by atoms with Gasteiger partial charge in [-0.05, 0) is 18.1 Å². The summed E-state index contributed by atoms with van der Waals surface area (Å²) >= 11 is 0. The molecule has 0 aliphatic carbocycles. The first-order valence-corrected chi connectivity index (χ1v) is 8.67. The lowest BCUT2D eigenvalue weighted by Gasteiger charge is -2.26. The van der Waals surface area contributed by atoms with Gasteiger partial charge in [-0.25, -0.2) is 13.1 Å². The maximum atomic E-state index is 12.0. The van der Waals surface area contributed by atoms with Gasteiger partial charge in [0.25, 0.3) is 0 Å². The Bertz CT molecular complexity index is 525. The number of nitrogens with one attached hydrogen (secondary N) is 2. The van der Waals surface area contributed by atoms with Crippen LogP contribution in [0, 0.1) is 6.92 Å². The van der Waals surface area contributed by atoms with Crippen LogP contribution < -0.4 is 10.0 Å². The van der Waals surface area contributed by atoms with Gasteiger partial charge in [-0.1, -0.05) is 24.3 Å². The van der Waals surface area contributed by atoms with E-state index in [2.05, 4.69) is 14.9 Å². The van der Waals surface area contributed by atoms with Gasteiger partial charge in [0.1, 0.15) is 0 Å². The van der Waals surface area contributed by atoms with Crippen LogP contribution in [0.15, 0.2) is 24.3 Å². The van der Waals surface area contributed by atoms with Gasteiger partial charge in [-0.3, -0.25) is 4.90 Å². The summed E-state index contributed by atoms with van der Waals surface area (Å²) in [5, 5.41) is 3.26. The number of rotatable bonds is 6. The van der Waals surface area contributed by atoms with E-state index in [0.29, 0.717) is 13.1 Å². The third kappa shape index (κ3) is 4.86. The second-order valence-corrected chi connectivity index (χ2v) is 7.08. The highest BCUT2D eigenvalue weighted by Crippen LogP contribution is 2.06. The van der Waals surface area contributed by atoms with Crippen molar-refractivity contribution >= 4 is 10.0 Å². The second-order valence-electron chi connectivity index (χ2n) is 5.16. The average molecular weight is 297 g/mol. The average Bonchev–Trinajstić information content (AvgIpc) is 2.46. The summed E-state index contributed by atoms with van der Waals surface area (Å²) in [5.74, 6) is 0.166. The van der Waals surface area contributed by atoms with Gasteiger partial charge in [0, 0.05) is 39.3 Å². The molecule has 6 heteroatoms. The van der Waals surface area contributed by atoms with Crippen LogP contribution in [-0.4, -0.2) is 51.8 Å². The highest BCUT2D eigenvalue weighted by Gasteiger charge is 2.15. The lowest BCUT2D eigenvalue weighted by atomic mass is 10.1. The van der Waals surface area contributed by atoms with E-state index >= 15 is 0 Å².